The molecule has 0 amide bonds. The van der Waals surface area contributed by atoms with Crippen molar-refractivity contribution in [1.82, 2.24) is 0 Å². The van der Waals surface area contributed by atoms with E-state index in [0.29, 0.717) is 0 Å². The molecule has 2 aliphatic carbocycles. The van der Waals surface area contributed by atoms with Crippen LogP contribution >= 0.6 is 0 Å². The minimum atomic E-state index is -2.50. The van der Waals surface area contributed by atoms with Gasteiger partial charge in [-0.3, -0.25) is 0 Å². The van der Waals surface area contributed by atoms with Crippen LogP contribution in [0.15, 0.2) is 60.7 Å². The first kappa shape index (κ1) is 37.3. The Bertz CT molecular complexity index is 1100. The fourth-order valence-electron chi connectivity index (χ4n) is 9.27. The average molecular weight is 822 g/mol. The number of hydrogen-bond donors (Lipinski definition) is 0. The van der Waals surface area contributed by atoms with Gasteiger partial charge in [0, 0.05) is 0 Å². The third kappa shape index (κ3) is 8.96. The van der Waals surface area contributed by atoms with E-state index in [0.717, 1.165) is 14.3 Å². The topological polar surface area (TPSA) is 0 Å². The molecule has 0 bridgehead atoms. The predicted molar refractivity (Wildman–Crippen MR) is 209 cm³/mol. The Balaban J connectivity index is 1.78. The zero-order valence-corrected chi connectivity index (χ0v) is 36.1. The molecule has 2 aliphatic rings. The summed E-state index contributed by atoms with van der Waals surface area (Å²) < 4.78 is 11.1. The molecule has 0 fully saturated rings. The molecular formula is C43H68Sn2. The molecule has 0 saturated carbocycles. The van der Waals surface area contributed by atoms with Crippen LogP contribution < -0.4 is 0 Å². The van der Waals surface area contributed by atoms with E-state index in [-0.39, 0.29) is 0 Å². The summed E-state index contributed by atoms with van der Waals surface area (Å²) in [5.41, 5.74) is 10.1. The van der Waals surface area contributed by atoms with Crippen molar-refractivity contribution in [3.05, 3.63) is 82.9 Å². The van der Waals surface area contributed by atoms with E-state index in [1.54, 1.807) is 60.0 Å². The van der Waals surface area contributed by atoms with Gasteiger partial charge in [-0.2, -0.15) is 0 Å². The number of benzene rings is 2. The first-order chi connectivity index (χ1) is 22.0. The van der Waals surface area contributed by atoms with E-state index < -0.39 is 36.8 Å². The van der Waals surface area contributed by atoms with Gasteiger partial charge >= 0.3 is 290 Å². The van der Waals surface area contributed by atoms with Crippen LogP contribution in [-0.4, -0.2) is 36.8 Å². The maximum absolute atomic E-state index is 2.90. The van der Waals surface area contributed by atoms with Crippen LogP contribution in [0, 0.1) is 0 Å². The third-order valence-electron chi connectivity index (χ3n) is 11.9. The molecule has 0 aromatic heterocycles. The van der Waals surface area contributed by atoms with Gasteiger partial charge in [0.2, 0.25) is 0 Å². The van der Waals surface area contributed by atoms with Crippen molar-refractivity contribution in [3.63, 3.8) is 0 Å². The number of allylic oxidation sites excluding steroid dienone is 4. The molecular weight excluding hydrogens is 754 g/mol. The van der Waals surface area contributed by atoms with Gasteiger partial charge in [-0.1, -0.05) is 0 Å². The molecule has 2 unspecified atom stereocenters. The second-order valence-corrected chi connectivity index (χ2v) is 42.7. The maximum atomic E-state index is 2.90. The Kier molecular flexibility index (Phi) is 15.7. The molecule has 2 atom stereocenters. The molecule has 2 heteroatoms. The normalized spacial score (nSPS) is 17.7. The minimum absolute atomic E-state index is 0.778. The third-order valence-corrected chi connectivity index (χ3v) is 45.3. The van der Waals surface area contributed by atoms with Crippen LogP contribution in [0.1, 0.15) is 155 Å². The quantitative estimate of drug-likeness (QED) is 0.104. The van der Waals surface area contributed by atoms with E-state index in [4.69, 9.17) is 0 Å². The number of fused-ring (bicyclic) bond motifs is 2. The Labute approximate surface area is 288 Å². The number of hydrogen-bond acceptors (Lipinski definition) is 0. The van der Waals surface area contributed by atoms with Gasteiger partial charge in [-0.15, -0.1) is 0 Å². The molecule has 0 nitrogen and oxygen atoms in total. The Hall–Kier alpha value is -0.483. The van der Waals surface area contributed by atoms with E-state index in [1.165, 1.54) is 77.0 Å². The summed E-state index contributed by atoms with van der Waals surface area (Å²) in [6.45, 7) is 14.5. The van der Waals surface area contributed by atoms with Crippen LogP contribution in [0.2, 0.25) is 26.6 Å². The molecule has 0 heterocycles. The summed E-state index contributed by atoms with van der Waals surface area (Å²) in [5.74, 6) is 0. The summed E-state index contributed by atoms with van der Waals surface area (Å²) >= 11 is -5.00. The second-order valence-electron chi connectivity index (χ2n) is 15.0. The average Bonchev–Trinajstić information content (AvgIpc) is 3.64. The first-order valence-corrected chi connectivity index (χ1v) is 35.0. The molecule has 0 spiro atoms. The number of rotatable bonds is 22. The van der Waals surface area contributed by atoms with Crippen molar-refractivity contribution in [1.29, 1.82) is 0 Å². The predicted octanol–water partition coefficient (Wildman–Crippen LogP) is 14.5. The summed E-state index contributed by atoms with van der Waals surface area (Å²) in [4.78, 5) is 0. The van der Waals surface area contributed by atoms with Crippen molar-refractivity contribution in [3.8, 4) is 0 Å². The van der Waals surface area contributed by atoms with Gasteiger partial charge in [0.15, 0.2) is 0 Å². The molecule has 0 saturated heterocycles. The van der Waals surface area contributed by atoms with E-state index >= 15 is 0 Å². The Morgan fingerprint density at radius 2 is 0.711 bits per heavy atom. The summed E-state index contributed by atoms with van der Waals surface area (Å²) in [6.07, 6.45) is 23.8. The molecule has 2 aromatic rings. The van der Waals surface area contributed by atoms with Crippen molar-refractivity contribution in [2.75, 3.05) is 0 Å². The molecule has 0 radical (unpaired) electrons. The fraction of sp³-hybridized carbons (Fsp3) is 0.628. The SMILES string of the molecule is CCC[CH2][Sn]([CH2]CCC)([CH2]CCC)[CH]1C=C(CC2=C[CH]([Sn]([CH2]CCC)([CH2]CCC)[CH2]CCC)c3ccccc32)c2ccccc21. The van der Waals surface area contributed by atoms with E-state index in [2.05, 4.69) is 102 Å². The van der Waals surface area contributed by atoms with Gasteiger partial charge in [0.05, 0.1) is 0 Å². The zero-order valence-electron chi connectivity index (χ0n) is 30.4. The van der Waals surface area contributed by atoms with Crippen molar-refractivity contribution in [2.24, 2.45) is 0 Å². The van der Waals surface area contributed by atoms with Crippen molar-refractivity contribution >= 4 is 47.9 Å². The van der Waals surface area contributed by atoms with Gasteiger partial charge in [0.1, 0.15) is 0 Å². The fourth-order valence-corrected chi connectivity index (χ4v) is 45.4. The second kappa shape index (κ2) is 18.9. The van der Waals surface area contributed by atoms with Crippen LogP contribution in [0.5, 0.6) is 0 Å². The first-order valence-electron chi connectivity index (χ1n) is 19.6. The van der Waals surface area contributed by atoms with Gasteiger partial charge in [-0.25, -0.2) is 0 Å². The molecule has 0 aliphatic heterocycles. The summed E-state index contributed by atoms with van der Waals surface area (Å²) in [5, 5.41) is 0. The zero-order chi connectivity index (χ0) is 32.1. The van der Waals surface area contributed by atoms with Crippen molar-refractivity contribution in [2.45, 2.75) is 160 Å². The Morgan fingerprint density at radius 1 is 0.422 bits per heavy atom. The van der Waals surface area contributed by atoms with E-state index in [9.17, 15) is 0 Å². The van der Waals surface area contributed by atoms with Crippen LogP contribution in [0.4, 0.5) is 0 Å². The van der Waals surface area contributed by atoms with Crippen LogP contribution in [0.3, 0.4) is 0 Å². The molecule has 45 heavy (non-hydrogen) atoms. The molecule has 4 rings (SSSR count). The summed E-state index contributed by atoms with van der Waals surface area (Å²) in [6, 6.07) is 19.5. The monoisotopic (exact) mass is 824 g/mol. The number of unbranched alkanes of at least 4 members (excludes halogenated alkanes) is 6. The van der Waals surface area contributed by atoms with Gasteiger partial charge in [-0.05, 0) is 0 Å². The van der Waals surface area contributed by atoms with Crippen molar-refractivity contribution < 1.29 is 0 Å². The molecule has 2 aromatic carbocycles. The standard InChI is InChI=1S/C19H14.6C4H9.2Sn/c1-3-7-18-14(5-1)9-11-16(18)13-17-12-10-15-6-2-4-8-19(15)17;6*1-3-4-2;;/h1-12H,13H2;6*1,3-4H2,2H3;;. The van der Waals surface area contributed by atoms with Gasteiger partial charge < -0.3 is 0 Å². The Morgan fingerprint density at radius 3 is 1.00 bits per heavy atom. The van der Waals surface area contributed by atoms with Crippen LogP contribution in [-0.2, 0) is 0 Å². The van der Waals surface area contributed by atoms with Crippen LogP contribution in [0.25, 0.3) is 11.1 Å². The molecule has 0 N–H and O–H groups in total. The molecule has 248 valence electrons. The van der Waals surface area contributed by atoms with Gasteiger partial charge in [0.25, 0.3) is 0 Å². The van der Waals surface area contributed by atoms with E-state index in [1.807, 2.05) is 0 Å². The summed E-state index contributed by atoms with van der Waals surface area (Å²) in [7, 11) is 0.